The Morgan fingerprint density at radius 1 is 1.07 bits per heavy atom. The van der Waals surface area contributed by atoms with Gasteiger partial charge >= 0.3 is 0 Å². The number of methoxy groups -OCH3 is 1. The molecule has 0 saturated heterocycles. The van der Waals surface area contributed by atoms with E-state index in [2.05, 4.69) is 31.9 Å². The largest absolute Gasteiger partial charge is 0.497 e. The van der Waals surface area contributed by atoms with Gasteiger partial charge < -0.3 is 20.7 Å². The summed E-state index contributed by atoms with van der Waals surface area (Å²) in [6, 6.07) is 13.9. The summed E-state index contributed by atoms with van der Waals surface area (Å²) in [5, 5.41) is 8.54. The van der Waals surface area contributed by atoms with Gasteiger partial charge in [-0.3, -0.25) is 4.79 Å². The number of benzene rings is 2. The zero-order chi connectivity index (χ0) is 20.0. The number of hydrogen-bond donors (Lipinski definition) is 3. The minimum atomic E-state index is -1.84. The van der Waals surface area contributed by atoms with E-state index in [1.54, 1.807) is 55.6 Å². The zero-order valence-corrected chi connectivity index (χ0v) is 18.6. The van der Waals surface area contributed by atoms with Crippen LogP contribution in [0.2, 0.25) is 0 Å². The molecule has 1 amide bonds. The molecule has 0 unspecified atom stereocenters. The van der Waals surface area contributed by atoms with Gasteiger partial charge in [-0.1, -0.05) is 50.7 Å². The first-order chi connectivity index (χ1) is 12.7. The Kier molecular flexibility index (Phi) is 8.00. The van der Waals surface area contributed by atoms with E-state index < -0.39 is 15.9 Å². The predicted molar refractivity (Wildman–Crippen MR) is 118 cm³/mol. The summed E-state index contributed by atoms with van der Waals surface area (Å²) >= 11 is 26.5. The van der Waals surface area contributed by atoms with E-state index >= 15 is 0 Å². The number of carbonyl (C=O) groups excluding carboxylic acids is 1. The first-order valence-electron chi connectivity index (χ1n) is 7.54. The maximum atomic E-state index is 12.4. The van der Waals surface area contributed by atoms with E-state index in [0.29, 0.717) is 17.0 Å². The van der Waals surface area contributed by atoms with Crippen LogP contribution in [0.4, 0.5) is 5.69 Å². The maximum Gasteiger partial charge on any atom is 0.252 e. The normalized spacial score (nSPS) is 12.0. The third-order valence-electron chi connectivity index (χ3n) is 3.33. The van der Waals surface area contributed by atoms with Crippen molar-refractivity contribution in [1.29, 1.82) is 0 Å². The van der Waals surface area contributed by atoms with E-state index in [9.17, 15) is 4.79 Å². The van der Waals surface area contributed by atoms with Crippen LogP contribution in [0.3, 0.4) is 0 Å². The molecule has 0 aromatic heterocycles. The Morgan fingerprint density at radius 3 is 2.19 bits per heavy atom. The van der Waals surface area contributed by atoms with Gasteiger partial charge in [0.15, 0.2) is 5.11 Å². The Hall–Kier alpha value is -1.25. The summed E-state index contributed by atoms with van der Waals surface area (Å²) in [5.74, 6) is 0.291. The van der Waals surface area contributed by atoms with Crippen molar-refractivity contribution >= 4 is 79.7 Å². The summed E-state index contributed by atoms with van der Waals surface area (Å²) in [6.45, 7) is 0. The lowest BCUT2D eigenvalue weighted by Crippen LogP contribution is -2.56. The first-order valence-corrected chi connectivity index (χ1v) is 9.87. The molecule has 2 aromatic rings. The van der Waals surface area contributed by atoms with E-state index in [4.69, 9.17) is 51.8 Å². The number of ether oxygens (including phenoxy) is 1. The zero-order valence-electron chi connectivity index (χ0n) is 13.9. The van der Waals surface area contributed by atoms with Gasteiger partial charge in [-0.05, 0) is 60.7 Å². The predicted octanol–water partition coefficient (Wildman–Crippen LogP) is 4.87. The molecule has 0 heterocycles. The van der Waals surface area contributed by atoms with Crippen molar-refractivity contribution in [1.82, 2.24) is 10.6 Å². The fourth-order valence-electron chi connectivity index (χ4n) is 1.99. The second-order valence-corrected chi connectivity index (χ2v) is 8.97. The lowest BCUT2D eigenvalue weighted by atomic mass is 10.2. The number of nitrogens with one attached hydrogen (secondary N) is 3. The van der Waals surface area contributed by atoms with Crippen molar-refractivity contribution in [3.8, 4) is 5.75 Å². The van der Waals surface area contributed by atoms with Crippen LogP contribution in [-0.4, -0.2) is 28.1 Å². The average molecular weight is 512 g/mol. The van der Waals surface area contributed by atoms with Crippen LogP contribution in [0.25, 0.3) is 0 Å². The number of alkyl halides is 3. The molecule has 0 aliphatic rings. The topological polar surface area (TPSA) is 62.4 Å². The highest BCUT2D eigenvalue weighted by Crippen LogP contribution is 2.29. The fraction of sp³-hybridized carbons (Fsp3) is 0.176. The summed E-state index contributed by atoms with van der Waals surface area (Å²) in [6.07, 6.45) is -1.06. The van der Waals surface area contributed by atoms with Gasteiger partial charge in [0.05, 0.1) is 7.11 Å². The minimum absolute atomic E-state index is 0.174. The molecule has 0 radical (unpaired) electrons. The monoisotopic (exact) mass is 509 g/mol. The van der Waals surface area contributed by atoms with Gasteiger partial charge in [-0.25, -0.2) is 0 Å². The highest BCUT2D eigenvalue weighted by molar-refractivity contribution is 9.10. The van der Waals surface area contributed by atoms with Crippen LogP contribution in [0.1, 0.15) is 10.4 Å². The molecular formula is C17H15BrCl3N3O2S. The van der Waals surface area contributed by atoms with Gasteiger partial charge in [0.2, 0.25) is 3.79 Å². The molecule has 10 heteroatoms. The third kappa shape index (κ3) is 7.01. The number of hydrogen-bond acceptors (Lipinski definition) is 3. The van der Waals surface area contributed by atoms with Gasteiger partial charge in [0.1, 0.15) is 11.9 Å². The number of halogens is 4. The molecule has 2 aromatic carbocycles. The molecule has 0 aliphatic heterocycles. The minimum Gasteiger partial charge on any atom is -0.497 e. The number of carbonyl (C=O) groups is 1. The smallest absolute Gasteiger partial charge is 0.252 e. The average Bonchev–Trinajstić information content (AvgIpc) is 2.61. The number of rotatable bonds is 5. The van der Waals surface area contributed by atoms with Crippen LogP contribution >= 0.6 is 63.0 Å². The van der Waals surface area contributed by atoms with Gasteiger partial charge in [0, 0.05) is 15.7 Å². The molecule has 0 saturated carbocycles. The Labute approximate surface area is 185 Å². The second kappa shape index (κ2) is 9.80. The molecule has 5 nitrogen and oxygen atoms in total. The fourth-order valence-corrected chi connectivity index (χ4v) is 2.82. The Balaban J connectivity index is 2.03. The lowest BCUT2D eigenvalue weighted by Gasteiger charge is -2.27. The summed E-state index contributed by atoms with van der Waals surface area (Å²) < 4.78 is 4.11. The number of thiocarbonyl (C=S) groups is 1. The molecule has 0 bridgehead atoms. The molecule has 3 N–H and O–H groups in total. The lowest BCUT2D eigenvalue weighted by molar-refractivity contribution is 0.0934. The van der Waals surface area contributed by atoms with E-state index in [-0.39, 0.29) is 5.11 Å². The SMILES string of the molecule is COc1ccc(NC(=S)N[C@H](NC(=O)c2ccc(Br)cc2)C(Cl)(Cl)Cl)cc1. The van der Waals surface area contributed by atoms with Gasteiger partial charge in [0.25, 0.3) is 5.91 Å². The van der Waals surface area contributed by atoms with Gasteiger partial charge in [-0.15, -0.1) is 0 Å². The van der Waals surface area contributed by atoms with Crippen LogP contribution in [0.15, 0.2) is 53.0 Å². The van der Waals surface area contributed by atoms with Crippen molar-refractivity contribution in [2.24, 2.45) is 0 Å². The Morgan fingerprint density at radius 2 is 1.67 bits per heavy atom. The molecule has 2 rings (SSSR count). The Bertz CT molecular complexity index is 799. The van der Waals surface area contributed by atoms with E-state index in [0.717, 1.165) is 4.47 Å². The first kappa shape index (κ1) is 22.0. The summed E-state index contributed by atoms with van der Waals surface area (Å²) in [4.78, 5) is 12.4. The number of amides is 1. The standard InChI is InChI=1S/C17H15BrCl3N3O2S/c1-26-13-8-6-12(7-9-13)22-16(27)24-15(17(19,20)21)23-14(25)10-2-4-11(18)5-3-10/h2-9,15H,1H3,(H,23,25)(H2,22,24,27)/t15-/m0/s1. The van der Waals surface area contributed by atoms with E-state index in [1.165, 1.54) is 0 Å². The molecule has 144 valence electrons. The van der Waals surface area contributed by atoms with E-state index in [1.807, 2.05) is 0 Å². The highest BCUT2D eigenvalue weighted by atomic mass is 79.9. The third-order valence-corrected chi connectivity index (χ3v) is 4.74. The van der Waals surface area contributed by atoms with Crippen molar-refractivity contribution in [2.45, 2.75) is 9.96 Å². The highest BCUT2D eigenvalue weighted by Gasteiger charge is 2.34. The molecule has 0 aliphatic carbocycles. The van der Waals surface area contributed by atoms with Crippen LogP contribution in [-0.2, 0) is 0 Å². The summed E-state index contributed by atoms with van der Waals surface area (Å²) in [5.41, 5.74) is 1.11. The quantitative estimate of drug-likeness (QED) is 0.304. The molecular weight excluding hydrogens is 497 g/mol. The molecule has 1 atom stereocenters. The second-order valence-electron chi connectivity index (χ2n) is 5.28. The van der Waals surface area contributed by atoms with Crippen molar-refractivity contribution < 1.29 is 9.53 Å². The van der Waals surface area contributed by atoms with Crippen molar-refractivity contribution in [2.75, 3.05) is 12.4 Å². The van der Waals surface area contributed by atoms with Gasteiger partial charge in [-0.2, -0.15) is 0 Å². The van der Waals surface area contributed by atoms with Crippen LogP contribution in [0, 0.1) is 0 Å². The number of anilines is 1. The summed E-state index contributed by atoms with van der Waals surface area (Å²) in [7, 11) is 1.58. The maximum absolute atomic E-state index is 12.4. The van der Waals surface area contributed by atoms with Crippen molar-refractivity contribution in [3.05, 3.63) is 58.6 Å². The van der Waals surface area contributed by atoms with Crippen LogP contribution < -0.4 is 20.7 Å². The molecule has 27 heavy (non-hydrogen) atoms. The molecule has 0 spiro atoms. The molecule has 0 fully saturated rings. The van der Waals surface area contributed by atoms with Crippen molar-refractivity contribution in [3.63, 3.8) is 0 Å². The van der Waals surface area contributed by atoms with Crippen LogP contribution in [0.5, 0.6) is 5.75 Å².